The molecular weight excluding hydrogens is 382 g/mol. The zero-order valence-electron chi connectivity index (χ0n) is 15.6. The molecule has 1 saturated carbocycles. The standard InChI is InChI=1S/C19H19N3O5S/c1-24-13-8-11(9-14(25-2)15(13)26-3)18(23)20-12-6-7-28-16(12)19-21-17(22-27-19)10-4-5-10/h6-10H,4-5H2,1-3H3,(H,20,23). The van der Waals surface area contributed by atoms with Gasteiger partial charge in [0, 0.05) is 11.5 Å². The average molecular weight is 401 g/mol. The van der Waals surface area contributed by atoms with Gasteiger partial charge < -0.3 is 24.1 Å². The molecule has 2 heterocycles. The van der Waals surface area contributed by atoms with Gasteiger partial charge >= 0.3 is 0 Å². The van der Waals surface area contributed by atoms with Crippen molar-refractivity contribution in [3.63, 3.8) is 0 Å². The highest BCUT2D eigenvalue weighted by molar-refractivity contribution is 7.14. The molecule has 1 amide bonds. The van der Waals surface area contributed by atoms with Crippen molar-refractivity contribution < 1.29 is 23.5 Å². The molecule has 1 N–H and O–H groups in total. The minimum absolute atomic E-state index is 0.319. The van der Waals surface area contributed by atoms with Gasteiger partial charge in [-0.1, -0.05) is 5.16 Å². The summed E-state index contributed by atoms with van der Waals surface area (Å²) in [6.45, 7) is 0. The van der Waals surface area contributed by atoms with E-state index >= 15 is 0 Å². The van der Waals surface area contributed by atoms with E-state index in [9.17, 15) is 4.79 Å². The summed E-state index contributed by atoms with van der Waals surface area (Å²) in [5.41, 5.74) is 0.977. The smallest absolute Gasteiger partial charge is 0.270 e. The van der Waals surface area contributed by atoms with Crippen molar-refractivity contribution >= 4 is 22.9 Å². The number of rotatable bonds is 7. The lowest BCUT2D eigenvalue weighted by Crippen LogP contribution is -2.12. The summed E-state index contributed by atoms with van der Waals surface area (Å²) in [7, 11) is 4.52. The van der Waals surface area contributed by atoms with Crippen LogP contribution in [-0.2, 0) is 0 Å². The fourth-order valence-corrected chi connectivity index (χ4v) is 3.58. The van der Waals surface area contributed by atoms with E-state index in [0.717, 1.165) is 23.5 Å². The van der Waals surface area contributed by atoms with Gasteiger partial charge in [-0.25, -0.2) is 0 Å². The first-order valence-corrected chi connectivity index (χ1v) is 9.55. The first kappa shape index (κ1) is 18.3. The molecule has 0 bridgehead atoms. The Bertz CT molecular complexity index is 984. The number of carbonyl (C=O) groups is 1. The summed E-state index contributed by atoms with van der Waals surface area (Å²) >= 11 is 1.43. The Labute approximate surface area is 165 Å². The lowest BCUT2D eigenvalue weighted by molar-refractivity contribution is 0.102. The van der Waals surface area contributed by atoms with Crippen molar-refractivity contribution in [2.45, 2.75) is 18.8 Å². The molecule has 1 aliphatic carbocycles. The number of methoxy groups -OCH3 is 3. The van der Waals surface area contributed by atoms with Crippen LogP contribution in [0.15, 0.2) is 28.1 Å². The second-order valence-electron chi connectivity index (χ2n) is 6.26. The Balaban J connectivity index is 1.60. The van der Waals surface area contributed by atoms with Crippen LogP contribution in [0.25, 0.3) is 10.8 Å². The number of benzene rings is 1. The molecule has 0 saturated heterocycles. The highest BCUT2D eigenvalue weighted by Gasteiger charge is 2.29. The second-order valence-corrected chi connectivity index (χ2v) is 7.18. The number of thiophene rings is 1. The molecule has 2 aromatic heterocycles. The maximum atomic E-state index is 12.8. The van der Waals surface area contributed by atoms with Crippen LogP contribution in [0.1, 0.15) is 34.9 Å². The SMILES string of the molecule is COc1cc(C(=O)Nc2ccsc2-c2nc(C3CC3)no2)cc(OC)c1OC. The Morgan fingerprint density at radius 2 is 1.89 bits per heavy atom. The molecule has 0 radical (unpaired) electrons. The zero-order valence-corrected chi connectivity index (χ0v) is 16.5. The maximum absolute atomic E-state index is 12.8. The zero-order chi connectivity index (χ0) is 19.7. The minimum Gasteiger partial charge on any atom is -0.493 e. The normalized spacial score (nSPS) is 13.2. The van der Waals surface area contributed by atoms with E-state index < -0.39 is 0 Å². The van der Waals surface area contributed by atoms with Gasteiger partial charge in [-0.2, -0.15) is 4.98 Å². The lowest BCUT2D eigenvalue weighted by Gasteiger charge is -2.14. The molecule has 0 spiro atoms. The molecule has 3 aromatic rings. The minimum atomic E-state index is -0.319. The molecule has 4 rings (SSSR count). The van der Waals surface area contributed by atoms with Crippen LogP contribution in [0, 0.1) is 0 Å². The number of nitrogens with one attached hydrogen (secondary N) is 1. The van der Waals surface area contributed by atoms with Crippen molar-refractivity contribution in [1.29, 1.82) is 0 Å². The van der Waals surface area contributed by atoms with E-state index in [4.69, 9.17) is 18.7 Å². The van der Waals surface area contributed by atoms with Gasteiger partial charge in [0.05, 0.1) is 27.0 Å². The number of nitrogens with zero attached hydrogens (tertiary/aromatic N) is 2. The van der Waals surface area contributed by atoms with Gasteiger partial charge in [0.2, 0.25) is 5.75 Å². The Morgan fingerprint density at radius 3 is 2.50 bits per heavy atom. The summed E-state index contributed by atoms with van der Waals surface area (Å²) in [6, 6.07) is 5.00. The number of amides is 1. The van der Waals surface area contributed by atoms with Gasteiger partial charge in [0.15, 0.2) is 17.3 Å². The summed E-state index contributed by atoms with van der Waals surface area (Å²) in [4.78, 5) is 18.0. The van der Waals surface area contributed by atoms with E-state index in [-0.39, 0.29) is 5.91 Å². The molecule has 0 aliphatic heterocycles. The molecule has 9 heteroatoms. The molecule has 1 aliphatic rings. The molecule has 0 unspecified atom stereocenters. The number of ether oxygens (including phenoxy) is 3. The van der Waals surface area contributed by atoms with Gasteiger partial charge in [0.25, 0.3) is 11.8 Å². The molecule has 1 fully saturated rings. The van der Waals surface area contributed by atoms with E-state index in [1.807, 2.05) is 5.38 Å². The van der Waals surface area contributed by atoms with Crippen LogP contribution in [0.4, 0.5) is 5.69 Å². The van der Waals surface area contributed by atoms with Gasteiger partial charge in [-0.05, 0) is 36.4 Å². The molecular formula is C19H19N3O5S. The quantitative estimate of drug-likeness (QED) is 0.640. The number of anilines is 1. The van der Waals surface area contributed by atoms with E-state index in [1.54, 1.807) is 18.2 Å². The molecule has 8 nitrogen and oxygen atoms in total. The number of aromatic nitrogens is 2. The van der Waals surface area contributed by atoms with Crippen LogP contribution in [-0.4, -0.2) is 37.4 Å². The topological polar surface area (TPSA) is 95.7 Å². The summed E-state index contributed by atoms with van der Waals surface area (Å²) in [5.74, 6) is 2.46. The molecule has 28 heavy (non-hydrogen) atoms. The van der Waals surface area contributed by atoms with Crippen LogP contribution in [0.3, 0.4) is 0 Å². The van der Waals surface area contributed by atoms with E-state index in [1.165, 1.54) is 32.7 Å². The molecule has 1 aromatic carbocycles. The fraction of sp³-hybridized carbons (Fsp3) is 0.316. The third-order valence-electron chi connectivity index (χ3n) is 4.42. The van der Waals surface area contributed by atoms with Crippen molar-refractivity contribution in [3.05, 3.63) is 35.0 Å². The highest BCUT2D eigenvalue weighted by Crippen LogP contribution is 2.41. The maximum Gasteiger partial charge on any atom is 0.270 e. The van der Waals surface area contributed by atoms with Crippen LogP contribution in [0.5, 0.6) is 17.2 Å². The number of carbonyl (C=O) groups excluding carboxylic acids is 1. The van der Waals surface area contributed by atoms with Crippen molar-refractivity contribution in [1.82, 2.24) is 10.1 Å². The predicted molar refractivity (Wildman–Crippen MR) is 104 cm³/mol. The number of hydrogen-bond donors (Lipinski definition) is 1. The van der Waals surface area contributed by atoms with Gasteiger partial charge in [-0.15, -0.1) is 11.3 Å². The Morgan fingerprint density at radius 1 is 1.18 bits per heavy atom. The molecule has 146 valence electrons. The van der Waals surface area contributed by atoms with Crippen molar-refractivity contribution in [2.75, 3.05) is 26.6 Å². The highest BCUT2D eigenvalue weighted by atomic mass is 32.1. The average Bonchev–Trinajstić information content (AvgIpc) is 3.27. The predicted octanol–water partition coefficient (Wildman–Crippen LogP) is 3.95. The summed E-state index contributed by atoms with van der Waals surface area (Å²) < 4.78 is 21.3. The van der Waals surface area contributed by atoms with E-state index in [2.05, 4.69) is 15.5 Å². The summed E-state index contributed by atoms with van der Waals surface area (Å²) in [6.07, 6.45) is 2.18. The third-order valence-corrected chi connectivity index (χ3v) is 5.32. The Hall–Kier alpha value is -3.07. The van der Waals surface area contributed by atoms with E-state index in [0.29, 0.717) is 40.3 Å². The lowest BCUT2D eigenvalue weighted by atomic mass is 10.1. The fourth-order valence-electron chi connectivity index (χ4n) is 2.81. The first-order valence-electron chi connectivity index (χ1n) is 8.67. The van der Waals surface area contributed by atoms with Crippen molar-refractivity contribution in [3.8, 4) is 28.0 Å². The van der Waals surface area contributed by atoms with Crippen LogP contribution in [0.2, 0.25) is 0 Å². The third kappa shape index (κ3) is 3.40. The first-order chi connectivity index (χ1) is 13.6. The Kier molecular flexibility index (Phi) is 4.91. The summed E-state index contributed by atoms with van der Waals surface area (Å²) in [5, 5.41) is 8.79. The van der Waals surface area contributed by atoms with Gasteiger partial charge in [0.1, 0.15) is 4.88 Å². The second kappa shape index (κ2) is 7.51. The number of hydrogen-bond acceptors (Lipinski definition) is 8. The van der Waals surface area contributed by atoms with Crippen LogP contribution < -0.4 is 19.5 Å². The van der Waals surface area contributed by atoms with Crippen LogP contribution >= 0.6 is 11.3 Å². The van der Waals surface area contributed by atoms with Crippen molar-refractivity contribution in [2.24, 2.45) is 0 Å². The molecule has 0 atom stereocenters. The van der Waals surface area contributed by atoms with Gasteiger partial charge in [-0.3, -0.25) is 4.79 Å². The monoisotopic (exact) mass is 401 g/mol. The largest absolute Gasteiger partial charge is 0.493 e.